The van der Waals surface area contributed by atoms with Crippen LogP contribution in [0.4, 0.5) is 0 Å². The molecule has 5 aromatic rings. The van der Waals surface area contributed by atoms with Crippen molar-refractivity contribution < 1.29 is 13.9 Å². The molecule has 0 unspecified atom stereocenters. The molecule has 7 nitrogen and oxygen atoms in total. The van der Waals surface area contributed by atoms with Crippen molar-refractivity contribution in [3.8, 4) is 17.4 Å². The van der Waals surface area contributed by atoms with Crippen LogP contribution in [0.1, 0.15) is 36.8 Å². The summed E-state index contributed by atoms with van der Waals surface area (Å²) in [7, 11) is 0. The van der Waals surface area contributed by atoms with Crippen LogP contribution in [0.2, 0.25) is 0 Å². The van der Waals surface area contributed by atoms with Crippen LogP contribution < -0.4 is 14.9 Å². The first kappa shape index (κ1) is 25.3. The maximum Gasteiger partial charge on any atom is 0.338 e. The predicted molar refractivity (Wildman–Crippen MR) is 153 cm³/mol. The molecule has 196 valence electrons. The molecule has 40 heavy (non-hydrogen) atoms. The molecule has 0 fully saturated rings. The minimum Gasteiger partial charge on any atom is -0.463 e. The number of benzene rings is 3. The summed E-state index contributed by atoms with van der Waals surface area (Å²) in [4.78, 5) is 32.4. The van der Waals surface area contributed by atoms with Crippen molar-refractivity contribution in [2.45, 2.75) is 19.9 Å². The van der Waals surface area contributed by atoms with Gasteiger partial charge in [0.25, 0.3) is 5.56 Å². The second kappa shape index (κ2) is 10.3. The molecule has 1 atom stereocenters. The van der Waals surface area contributed by atoms with E-state index in [0.29, 0.717) is 43.3 Å². The van der Waals surface area contributed by atoms with E-state index in [1.807, 2.05) is 54.6 Å². The smallest absolute Gasteiger partial charge is 0.338 e. The fourth-order valence-electron chi connectivity index (χ4n) is 5.07. The zero-order valence-electron chi connectivity index (χ0n) is 21.8. The number of carbonyl (C=O) groups is 1. The molecule has 3 heterocycles. The van der Waals surface area contributed by atoms with E-state index in [2.05, 4.69) is 11.1 Å². The number of allylic oxidation sites excluding steroid dienone is 1. The Bertz CT molecular complexity index is 2050. The number of hydrogen-bond acceptors (Lipinski definition) is 7. The molecule has 0 saturated heterocycles. The van der Waals surface area contributed by atoms with Crippen molar-refractivity contribution in [1.82, 2.24) is 4.57 Å². The number of nitriles is 1. The predicted octanol–water partition coefficient (Wildman–Crippen LogP) is 5.08. The Labute approximate surface area is 233 Å². The van der Waals surface area contributed by atoms with E-state index >= 15 is 0 Å². The van der Waals surface area contributed by atoms with Gasteiger partial charge in [-0.05, 0) is 54.4 Å². The Morgan fingerprint density at radius 2 is 1.88 bits per heavy atom. The molecule has 8 heteroatoms. The largest absolute Gasteiger partial charge is 0.463 e. The molecule has 0 spiro atoms. The monoisotopic (exact) mass is 545 g/mol. The molecule has 0 saturated carbocycles. The summed E-state index contributed by atoms with van der Waals surface area (Å²) in [5.74, 6) is 0.504. The summed E-state index contributed by atoms with van der Waals surface area (Å²) < 4.78 is 13.4. The molecule has 0 amide bonds. The van der Waals surface area contributed by atoms with E-state index in [1.54, 1.807) is 48.8 Å². The second-order valence-corrected chi connectivity index (χ2v) is 10.2. The summed E-state index contributed by atoms with van der Waals surface area (Å²) in [6, 6.07) is 25.9. The lowest BCUT2D eigenvalue weighted by Gasteiger charge is -2.25. The van der Waals surface area contributed by atoms with Gasteiger partial charge in [-0.2, -0.15) is 5.26 Å². The van der Waals surface area contributed by atoms with E-state index in [4.69, 9.17) is 9.15 Å². The van der Waals surface area contributed by atoms with Crippen LogP contribution in [0.5, 0.6) is 0 Å². The minimum absolute atomic E-state index is 0.206. The Balaban J connectivity index is 1.54. The number of rotatable bonds is 5. The fraction of sp³-hybridized carbons (Fsp3) is 0.125. The van der Waals surface area contributed by atoms with Crippen LogP contribution in [0.25, 0.3) is 28.2 Å². The van der Waals surface area contributed by atoms with Gasteiger partial charge in [0.15, 0.2) is 4.80 Å². The van der Waals surface area contributed by atoms with E-state index in [1.165, 1.54) is 11.3 Å². The van der Waals surface area contributed by atoms with Crippen LogP contribution in [0.3, 0.4) is 0 Å². The number of esters is 1. The normalized spacial score (nSPS) is 15.0. The van der Waals surface area contributed by atoms with Gasteiger partial charge in [0.2, 0.25) is 0 Å². The van der Waals surface area contributed by atoms with E-state index < -0.39 is 12.0 Å². The SMILES string of the molecule is CCOC(=O)C1=C(C)N=c2s/c(=C/c3ccc(-c4ccccc4C#N)o3)c(=O)n2[C@H]1c1cccc2ccccc12. The molecule has 1 aliphatic rings. The van der Waals surface area contributed by atoms with E-state index in [0.717, 1.165) is 16.3 Å². The Morgan fingerprint density at radius 3 is 2.70 bits per heavy atom. The fourth-order valence-corrected chi connectivity index (χ4v) is 6.10. The highest BCUT2D eigenvalue weighted by molar-refractivity contribution is 7.07. The summed E-state index contributed by atoms with van der Waals surface area (Å²) in [6.07, 6.45) is 1.67. The first-order valence-electron chi connectivity index (χ1n) is 12.8. The highest BCUT2D eigenvalue weighted by Gasteiger charge is 2.34. The lowest BCUT2D eigenvalue weighted by atomic mass is 9.91. The van der Waals surface area contributed by atoms with Crippen molar-refractivity contribution in [1.29, 1.82) is 5.26 Å². The maximum absolute atomic E-state index is 14.0. The number of aromatic nitrogens is 1. The molecule has 0 radical (unpaired) electrons. The van der Waals surface area contributed by atoms with Crippen LogP contribution in [0, 0.1) is 11.3 Å². The third-order valence-electron chi connectivity index (χ3n) is 6.85. The molecule has 1 aliphatic heterocycles. The number of furan rings is 1. The quantitative estimate of drug-likeness (QED) is 0.287. The summed E-state index contributed by atoms with van der Waals surface area (Å²) in [6.45, 7) is 3.73. The lowest BCUT2D eigenvalue weighted by molar-refractivity contribution is -0.139. The third-order valence-corrected chi connectivity index (χ3v) is 7.83. The Kier molecular flexibility index (Phi) is 6.50. The van der Waals surface area contributed by atoms with Gasteiger partial charge in [0.05, 0.1) is 40.1 Å². The Morgan fingerprint density at radius 1 is 1.10 bits per heavy atom. The minimum atomic E-state index is -0.710. The highest BCUT2D eigenvalue weighted by Crippen LogP contribution is 2.35. The summed E-state index contributed by atoms with van der Waals surface area (Å²) in [5, 5.41) is 11.4. The maximum atomic E-state index is 14.0. The average Bonchev–Trinajstić information content (AvgIpc) is 3.56. The number of ether oxygens (including phenoxy) is 1. The first-order valence-corrected chi connectivity index (χ1v) is 13.6. The van der Waals surface area contributed by atoms with Crippen molar-refractivity contribution >= 4 is 34.2 Å². The average molecular weight is 546 g/mol. The van der Waals surface area contributed by atoms with Crippen molar-refractivity contribution in [2.24, 2.45) is 4.99 Å². The van der Waals surface area contributed by atoms with Crippen molar-refractivity contribution in [2.75, 3.05) is 6.61 Å². The molecular formula is C32H23N3O4S. The molecular weight excluding hydrogens is 522 g/mol. The Hall–Kier alpha value is -5.00. The van der Waals surface area contributed by atoms with Crippen molar-refractivity contribution in [3.05, 3.63) is 127 Å². The topological polar surface area (TPSA) is 97.6 Å². The van der Waals surface area contributed by atoms with Gasteiger partial charge < -0.3 is 9.15 Å². The van der Waals surface area contributed by atoms with Crippen LogP contribution in [-0.2, 0) is 9.53 Å². The van der Waals surface area contributed by atoms with Crippen molar-refractivity contribution in [3.63, 3.8) is 0 Å². The van der Waals surface area contributed by atoms with Gasteiger partial charge in [-0.25, -0.2) is 9.79 Å². The van der Waals surface area contributed by atoms with Gasteiger partial charge in [0, 0.05) is 11.6 Å². The van der Waals surface area contributed by atoms with Crippen LogP contribution >= 0.6 is 11.3 Å². The zero-order chi connectivity index (χ0) is 27.8. The van der Waals surface area contributed by atoms with Gasteiger partial charge in [-0.15, -0.1) is 0 Å². The molecule has 3 aromatic carbocycles. The lowest BCUT2D eigenvalue weighted by Crippen LogP contribution is -2.40. The number of fused-ring (bicyclic) bond motifs is 2. The highest BCUT2D eigenvalue weighted by atomic mass is 32.1. The number of carbonyl (C=O) groups excluding carboxylic acids is 1. The van der Waals surface area contributed by atoms with E-state index in [-0.39, 0.29) is 12.2 Å². The molecule has 6 rings (SSSR count). The third kappa shape index (κ3) is 4.27. The molecule has 0 aliphatic carbocycles. The number of nitrogens with zero attached hydrogens (tertiary/aromatic N) is 3. The first-order chi connectivity index (χ1) is 19.5. The van der Waals surface area contributed by atoms with Crippen LogP contribution in [-0.4, -0.2) is 17.1 Å². The molecule has 0 N–H and O–H groups in total. The number of hydrogen-bond donors (Lipinski definition) is 0. The van der Waals surface area contributed by atoms with Gasteiger partial charge >= 0.3 is 5.97 Å². The van der Waals surface area contributed by atoms with Gasteiger partial charge in [-0.3, -0.25) is 9.36 Å². The van der Waals surface area contributed by atoms with Gasteiger partial charge in [0.1, 0.15) is 11.5 Å². The second-order valence-electron chi connectivity index (χ2n) is 9.23. The van der Waals surface area contributed by atoms with Gasteiger partial charge in [-0.1, -0.05) is 65.9 Å². The summed E-state index contributed by atoms with van der Waals surface area (Å²) >= 11 is 1.23. The van der Waals surface area contributed by atoms with E-state index in [9.17, 15) is 14.9 Å². The summed E-state index contributed by atoms with van der Waals surface area (Å²) in [5.41, 5.74) is 2.56. The molecule has 2 aromatic heterocycles. The standard InChI is InChI=1S/C32H23N3O4S/c1-3-38-31(37)28-19(2)34-32-35(29(28)25-14-8-11-20-9-4-6-12-23(20)25)30(36)27(40-32)17-22-15-16-26(39-22)24-13-7-5-10-21(24)18-33/h4-17,29H,3H2,1-2H3/b27-17+/t29-/m0/s1. The van der Waals surface area contributed by atoms with Crippen LogP contribution in [0.15, 0.2) is 104 Å². The number of thiazole rings is 1. The zero-order valence-corrected chi connectivity index (χ0v) is 22.6. The molecule has 0 bridgehead atoms.